The lowest BCUT2D eigenvalue weighted by atomic mass is 10.0. The second kappa shape index (κ2) is 8.37. The lowest BCUT2D eigenvalue weighted by molar-refractivity contribution is -0.119. The molecule has 6 nitrogen and oxygen atoms in total. The van der Waals surface area contributed by atoms with Gasteiger partial charge in [0.15, 0.2) is 5.82 Å². The number of carbonyl (C=O) groups excluding carboxylic acids is 1. The number of thioether (sulfide) groups is 1. The van der Waals surface area contributed by atoms with E-state index in [4.69, 9.17) is 5.84 Å². The number of hydrogen-bond donors (Lipinski definition) is 2. The molecule has 0 spiro atoms. The van der Waals surface area contributed by atoms with Gasteiger partial charge in [0.2, 0.25) is 11.1 Å². The summed E-state index contributed by atoms with van der Waals surface area (Å²) in [6.45, 7) is 4.11. The van der Waals surface area contributed by atoms with Gasteiger partial charge in [0, 0.05) is 0 Å². The topological polar surface area (TPSA) is 85.8 Å². The second-order valence-corrected chi connectivity index (χ2v) is 7.77. The summed E-state index contributed by atoms with van der Waals surface area (Å²) in [6, 6.07) is 12.1. The van der Waals surface area contributed by atoms with Crippen molar-refractivity contribution in [3.63, 3.8) is 0 Å². The molecule has 1 aromatic carbocycles. The number of nitrogen functional groups attached to an aromatic ring is 1. The molecule has 0 saturated heterocycles. The van der Waals surface area contributed by atoms with E-state index in [0.29, 0.717) is 11.0 Å². The molecule has 3 aromatic rings. The highest BCUT2D eigenvalue weighted by Crippen LogP contribution is 2.25. The standard InChI is InChI=1S/C18H21N5OS2/c1-3-14(13-8-6-12(2)7-9-13)20-16(24)11-26-18-22-21-17(23(18)19)15-5-4-10-25-15/h4-10,14H,3,11,19H2,1-2H3,(H,20,24)/t14-/m0/s1. The molecule has 1 atom stereocenters. The minimum atomic E-state index is -0.0527. The van der Waals surface area contributed by atoms with Gasteiger partial charge in [0.05, 0.1) is 16.7 Å². The number of rotatable bonds is 7. The van der Waals surface area contributed by atoms with Gasteiger partial charge in [-0.3, -0.25) is 4.79 Å². The van der Waals surface area contributed by atoms with Crippen molar-refractivity contribution in [1.82, 2.24) is 20.2 Å². The number of carbonyl (C=O) groups is 1. The smallest absolute Gasteiger partial charge is 0.230 e. The Morgan fingerprint density at radius 2 is 2.08 bits per heavy atom. The van der Waals surface area contributed by atoms with Gasteiger partial charge in [-0.25, -0.2) is 4.68 Å². The minimum Gasteiger partial charge on any atom is -0.349 e. The zero-order valence-corrected chi connectivity index (χ0v) is 16.3. The summed E-state index contributed by atoms with van der Waals surface area (Å²) >= 11 is 2.83. The average Bonchev–Trinajstić information content (AvgIpc) is 3.28. The monoisotopic (exact) mass is 387 g/mol. The highest BCUT2D eigenvalue weighted by atomic mass is 32.2. The van der Waals surface area contributed by atoms with Crippen LogP contribution in [0.5, 0.6) is 0 Å². The molecule has 0 unspecified atom stereocenters. The first-order valence-corrected chi connectivity index (χ1v) is 10.2. The van der Waals surface area contributed by atoms with Crippen molar-refractivity contribution < 1.29 is 4.79 Å². The Morgan fingerprint density at radius 3 is 2.73 bits per heavy atom. The van der Waals surface area contributed by atoms with Crippen molar-refractivity contribution >= 4 is 29.0 Å². The molecule has 0 aliphatic carbocycles. The van der Waals surface area contributed by atoms with Crippen LogP contribution in [0, 0.1) is 6.92 Å². The molecule has 0 radical (unpaired) electrons. The van der Waals surface area contributed by atoms with Crippen molar-refractivity contribution in [2.24, 2.45) is 0 Å². The van der Waals surface area contributed by atoms with Crippen molar-refractivity contribution in [2.45, 2.75) is 31.5 Å². The summed E-state index contributed by atoms with van der Waals surface area (Å²) in [5, 5.41) is 13.8. The lowest BCUT2D eigenvalue weighted by Crippen LogP contribution is -2.29. The first-order valence-electron chi connectivity index (χ1n) is 8.31. The highest BCUT2D eigenvalue weighted by molar-refractivity contribution is 7.99. The van der Waals surface area contributed by atoms with Gasteiger partial charge in [0.1, 0.15) is 0 Å². The number of benzene rings is 1. The summed E-state index contributed by atoms with van der Waals surface area (Å²) < 4.78 is 1.43. The molecule has 0 bridgehead atoms. The second-order valence-electron chi connectivity index (χ2n) is 5.88. The Labute approximate surface area is 160 Å². The fourth-order valence-corrected chi connectivity index (χ4v) is 3.91. The first-order chi connectivity index (χ1) is 12.6. The highest BCUT2D eigenvalue weighted by Gasteiger charge is 2.16. The van der Waals surface area contributed by atoms with Gasteiger partial charge in [-0.2, -0.15) is 0 Å². The van der Waals surface area contributed by atoms with Gasteiger partial charge >= 0.3 is 0 Å². The summed E-state index contributed by atoms with van der Waals surface area (Å²) in [4.78, 5) is 13.3. The predicted molar refractivity (Wildman–Crippen MR) is 107 cm³/mol. The number of amides is 1. The van der Waals surface area contributed by atoms with Crippen molar-refractivity contribution in [2.75, 3.05) is 11.6 Å². The van der Waals surface area contributed by atoms with Crippen LogP contribution in [-0.4, -0.2) is 26.5 Å². The van der Waals surface area contributed by atoms with Gasteiger partial charge in [-0.05, 0) is 30.4 Å². The molecular weight excluding hydrogens is 366 g/mol. The van der Waals surface area contributed by atoms with E-state index in [2.05, 4.69) is 46.7 Å². The van der Waals surface area contributed by atoms with E-state index >= 15 is 0 Å². The minimum absolute atomic E-state index is 0.00104. The fourth-order valence-electron chi connectivity index (χ4n) is 2.54. The Morgan fingerprint density at radius 1 is 1.31 bits per heavy atom. The molecule has 3 N–H and O–H groups in total. The normalized spacial score (nSPS) is 12.1. The van der Waals surface area contributed by atoms with E-state index in [1.54, 1.807) is 11.3 Å². The number of nitrogens with zero attached hydrogens (tertiary/aromatic N) is 3. The fraction of sp³-hybridized carbons (Fsp3) is 0.278. The van der Waals surface area contributed by atoms with Crippen molar-refractivity contribution in [3.8, 4) is 10.7 Å². The van der Waals surface area contributed by atoms with Crippen LogP contribution in [0.4, 0.5) is 0 Å². The molecular formula is C18H21N5OS2. The van der Waals surface area contributed by atoms with Crippen LogP contribution < -0.4 is 11.2 Å². The number of aromatic nitrogens is 3. The molecule has 0 aliphatic rings. The van der Waals surface area contributed by atoms with E-state index < -0.39 is 0 Å². The van der Waals surface area contributed by atoms with E-state index in [1.807, 2.05) is 24.4 Å². The molecule has 0 fully saturated rings. The zero-order valence-electron chi connectivity index (χ0n) is 14.7. The van der Waals surface area contributed by atoms with Crippen molar-refractivity contribution in [1.29, 1.82) is 0 Å². The largest absolute Gasteiger partial charge is 0.349 e. The lowest BCUT2D eigenvalue weighted by Gasteiger charge is -2.17. The number of nitrogens with two attached hydrogens (primary N) is 1. The molecule has 0 aliphatic heterocycles. The average molecular weight is 388 g/mol. The number of thiophene rings is 1. The SMILES string of the molecule is CC[C@H](NC(=O)CSc1nnc(-c2cccs2)n1N)c1ccc(C)cc1. The van der Waals surface area contributed by atoms with Gasteiger partial charge in [0.25, 0.3) is 0 Å². The van der Waals surface area contributed by atoms with Crippen LogP contribution in [-0.2, 0) is 4.79 Å². The van der Waals surface area contributed by atoms with Crippen molar-refractivity contribution in [3.05, 3.63) is 52.9 Å². The Hall–Kier alpha value is -2.32. The van der Waals surface area contributed by atoms with Crippen LogP contribution in [0.25, 0.3) is 10.7 Å². The van der Waals surface area contributed by atoms with E-state index in [0.717, 1.165) is 16.9 Å². The Bertz CT molecular complexity index is 858. The quantitative estimate of drug-likeness (QED) is 0.479. The maximum atomic E-state index is 12.3. The predicted octanol–water partition coefficient (Wildman–Crippen LogP) is 3.39. The summed E-state index contributed by atoms with van der Waals surface area (Å²) in [6.07, 6.45) is 0.828. The van der Waals surface area contributed by atoms with Crippen LogP contribution in [0.3, 0.4) is 0 Å². The van der Waals surface area contributed by atoms with Crippen LogP contribution in [0.2, 0.25) is 0 Å². The molecule has 26 heavy (non-hydrogen) atoms. The number of nitrogens with one attached hydrogen (secondary N) is 1. The molecule has 1 amide bonds. The number of aryl methyl sites for hydroxylation is 1. The van der Waals surface area contributed by atoms with Crippen LogP contribution >= 0.6 is 23.1 Å². The third kappa shape index (κ3) is 4.25. The van der Waals surface area contributed by atoms with Gasteiger partial charge in [-0.15, -0.1) is 21.5 Å². The van der Waals surface area contributed by atoms with Gasteiger partial charge in [-0.1, -0.05) is 54.6 Å². The zero-order chi connectivity index (χ0) is 18.5. The third-order valence-corrected chi connectivity index (χ3v) is 5.77. The van der Waals surface area contributed by atoms with E-state index in [-0.39, 0.29) is 17.7 Å². The van der Waals surface area contributed by atoms with Crippen LogP contribution in [0.15, 0.2) is 46.9 Å². The molecule has 0 saturated carbocycles. The maximum Gasteiger partial charge on any atom is 0.230 e. The molecule has 2 aromatic heterocycles. The summed E-state index contributed by atoms with van der Waals surface area (Å²) in [7, 11) is 0. The maximum absolute atomic E-state index is 12.3. The Balaban J connectivity index is 1.59. The Kier molecular flexibility index (Phi) is 5.95. The van der Waals surface area contributed by atoms with E-state index in [1.165, 1.54) is 22.0 Å². The summed E-state index contributed by atoms with van der Waals surface area (Å²) in [5.74, 6) is 6.85. The van der Waals surface area contributed by atoms with Gasteiger partial charge < -0.3 is 11.2 Å². The van der Waals surface area contributed by atoms with E-state index in [9.17, 15) is 4.79 Å². The molecule has 3 rings (SSSR count). The molecule has 136 valence electrons. The molecule has 8 heteroatoms. The third-order valence-electron chi connectivity index (χ3n) is 3.96. The number of hydrogen-bond acceptors (Lipinski definition) is 6. The summed E-state index contributed by atoms with van der Waals surface area (Å²) in [5.41, 5.74) is 2.31. The van der Waals surface area contributed by atoms with Crippen LogP contribution in [0.1, 0.15) is 30.5 Å². The first kappa shape index (κ1) is 18.5. The molecule has 2 heterocycles.